The van der Waals surface area contributed by atoms with Gasteiger partial charge in [-0.1, -0.05) is 0 Å². The highest BCUT2D eigenvalue weighted by atomic mass is 16.3. The summed E-state index contributed by atoms with van der Waals surface area (Å²) in [6, 6.07) is 3.56. The van der Waals surface area contributed by atoms with Crippen LogP contribution in [0, 0.1) is 11.3 Å². The molecule has 0 bridgehead atoms. The zero-order valence-corrected chi connectivity index (χ0v) is 9.27. The minimum absolute atomic E-state index is 0.284. The molecule has 0 aromatic carbocycles. The molecule has 4 N–H and O–H groups in total. The summed E-state index contributed by atoms with van der Waals surface area (Å²) >= 11 is 0. The van der Waals surface area contributed by atoms with E-state index in [-0.39, 0.29) is 6.10 Å². The number of nitrogens with zero attached hydrogens (tertiary/aromatic N) is 2. The predicted molar refractivity (Wildman–Crippen MR) is 62.8 cm³/mol. The molecule has 0 aliphatic rings. The van der Waals surface area contributed by atoms with Gasteiger partial charge in [-0.05, 0) is 25.8 Å². The number of rotatable bonds is 5. The van der Waals surface area contributed by atoms with Crippen molar-refractivity contribution in [3.63, 3.8) is 0 Å². The molecule has 1 unspecified atom stereocenters. The molecule has 16 heavy (non-hydrogen) atoms. The van der Waals surface area contributed by atoms with E-state index in [0.29, 0.717) is 23.6 Å². The molecular formula is C11H16N4O. The predicted octanol–water partition coefficient (Wildman–Crippen LogP) is 1.11. The maximum absolute atomic E-state index is 9.07. The highest BCUT2D eigenvalue weighted by molar-refractivity contribution is 5.62. The number of aliphatic hydroxyl groups excluding tert-OH is 1. The highest BCUT2D eigenvalue weighted by Gasteiger charge is 2.02. The quantitative estimate of drug-likeness (QED) is 0.646. The van der Waals surface area contributed by atoms with Crippen LogP contribution in [0.25, 0.3) is 0 Å². The van der Waals surface area contributed by atoms with Gasteiger partial charge in [0.25, 0.3) is 0 Å². The smallest absolute Gasteiger partial charge is 0.149 e. The zero-order valence-electron chi connectivity index (χ0n) is 9.27. The Kier molecular flexibility index (Phi) is 4.55. The topological polar surface area (TPSA) is 95.0 Å². The van der Waals surface area contributed by atoms with Crippen LogP contribution in [-0.4, -0.2) is 22.7 Å². The molecule has 0 aliphatic heterocycles. The van der Waals surface area contributed by atoms with Gasteiger partial charge in [0.2, 0.25) is 0 Å². The summed E-state index contributed by atoms with van der Waals surface area (Å²) in [5.74, 6) is 0.588. The fraction of sp³-hybridized carbons (Fsp3) is 0.455. The van der Waals surface area contributed by atoms with E-state index in [1.807, 2.05) is 6.07 Å². The van der Waals surface area contributed by atoms with Gasteiger partial charge in [0.15, 0.2) is 0 Å². The van der Waals surface area contributed by atoms with Crippen LogP contribution in [0.2, 0.25) is 0 Å². The first-order chi connectivity index (χ1) is 7.63. The van der Waals surface area contributed by atoms with E-state index >= 15 is 0 Å². The second kappa shape index (κ2) is 5.93. The number of hydrogen-bond donors (Lipinski definition) is 3. The van der Waals surface area contributed by atoms with Crippen LogP contribution in [-0.2, 0) is 0 Å². The minimum Gasteiger partial charge on any atom is -0.396 e. The van der Waals surface area contributed by atoms with Crippen LogP contribution < -0.4 is 11.1 Å². The first-order valence-electron chi connectivity index (χ1n) is 5.21. The number of nitrogens with one attached hydrogen (secondary N) is 1. The number of aliphatic hydroxyl groups is 1. The minimum atomic E-state index is -0.284. The SMILES string of the molecule is CC(O)CCCNc1ncc(C#N)cc1N. The number of nitrogens with two attached hydrogens (primary N) is 1. The first kappa shape index (κ1) is 12.3. The molecule has 5 heteroatoms. The Balaban J connectivity index is 2.46. The highest BCUT2D eigenvalue weighted by Crippen LogP contribution is 2.15. The Labute approximate surface area is 94.9 Å². The second-order valence-electron chi connectivity index (χ2n) is 3.69. The molecule has 0 fully saturated rings. The molecule has 1 heterocycles. The van der Waals surface area contributed by atoms with E-state index in [1.54, 1.807) is 13.0 Å². The lowest BCUT2D eigenvalue weighted by Gasteiger charge is -2.08. The lowest BCUT2D eigenvalue weighted by molar-refractivity contribution is 0.183. The summed E-state index contributed by atoms with van der Waals surface area (Å²) in [6.45, 7) is 2.46. The fourth-order valence-electron chi connectivity index (χ4n) is 1.29. The molecule has 0 radical (unpaired) electrons. The van der Waals surface area contributed by atoms with E-state index in [1.165, 1.54) is 6.20 Å². The molecule has 86 valence electrons. The van der Waals surface area contributed by atoms with Gasteiger partial charge in [-0.3, -0.25) is 0 Å². The third-order valence-corrected chi connectivity index (χ3v) is 2.14. The second-order valence-corrected chi connectivity index (χ2v) is 3.69. The molecule has 1 aromatic rings. The molecule has 1 rings (SSSR count). The van der Waals surface area contributed by atoms with Crippen molar-refractivity contribution in [2.45, 2.75) is 25.9 Å². The summed E-state index contributed by atoms with van der Waals surface area (Å²) < 4.78 is 0. The molecule has 0 saturated carbocycles. The first-order valence-corrected chi connectivity index (χ1v) is 5.21. The zero-order chi connectivity index (χ0) is 12.0. The van der Waals surface area contributed by atoms with E-state index in [0.717, 1.165) is 12.8 Å². The molecule has 1 atom stereocenters. The summed E-state index contributed by atoms with van der Waals surface area (Å²) in [5, 5.41) is 20.8. The Morgan fingerprint density at radius 3 is 3.00 bits per heavy atom. The van der Waals surface area contributed by atoms with E-state index in [4.69, 9.17) is 16.1 Å². The van der Waals surface area contributed by atoms with Gasteiger partial charge >= 0.3 is 0 Å². The van der Waals surface area contributed by atoms with Crippen molar-refractivity contribution in [2.75, 3.05) is 17.6 Å². The van der Waals surface area contributed by atoms with Crippen LogP contribution in [0.15, 0.2) is 12.3 Å². The summed E-state index contributed by atoms with van der Waals surface area (Å²) in [4.78, 5) is 4.04. The summed E-state index contributed by atoms with van der Waals surface area (Å²) in [6.07, 6.45) is 2.78. The molecule has 0 aliphatic carbocycles. The molecule has 1 aromatic heterocycles. The van der Waals surface area contributed by atoms with Crippen LogP contribution in [0.5, 0.6) is 0 Å². The molecule has 5 nitrogen and oxygen atoms in total. The standard InChI is InChI=1S/C11H16N4O/c1-8(16)3-2-4-14-11-10(13)5-9(6-12)7-15-11/h5,7-8,16H,2-4,13H2,1H3,(H,14,15). The number of aromatic nitrogens is 1. The normalized spacial score (nSPS) is 11.8. The summed E-state index contributed by atoms with van der Waals surface area (Å²) in [7, 11) is 0. The van der Waals surface area contributed by atoms with Gasteiger partial charge in [0.1, 0.15) is 11.9 Å². The summed E-state index contributed by atoms with van der Waals surface area (Å²) in [5.41, 5.74) is 6.63. The number of nitriles is 1. The number of hydrogen-bond acceptors (Lipinski definition) is 5. The number of anilines is 2. The third kappa shape index (κ3) is 3.75. The lowest BCUT2D eigenvalue weighted by Crippen LogP contribution is -2.09. The Bertz CT molecular complexity index is 384. The van der Waals surface area contributed by atoms with E-state index < -0.39 is 0 Å². The van der Waals surface area contributed by atoms with Crippen molar-refractivity contribution in [2.24, 2.45) is 0 Å². The largest absolute Gasteiger partial charge is 0.396 e. The third-order valence-electron chi connectivity index (χ3n) is 2.14. The van der Waals surface area contributed by atoms with Gasteiger partial charge in [-0.15, -0.1) is 0 Å². The monoisotopic (exact) mass is 220 g/mol. The van der Waals surface area contributed by atoms with Crippen molar-refractivity contribution in [1.29, 1.82) is 5.26 Å². The Hall–Kier alpha value is -1.80. The molecule has 0 saturated heterocycles. The van der Waals surface area contributed by atoms with Crippen LogP contribution in [0.3, 0.4) is 0 Å². The number of nitrogen functional groups attached to an aromatic ring is 1. The van der Waals surface area contributed by atoms with Gasteiger partial charge in [-0.25, -0.2) is 4.98 Å². The Morgan fingerprint density at radius 1 is 1.69 bits per heavy atom. The Morgan fingerprint density at radius 2 is 2.44 bits per heavy atom. The van der Waals surface area contributed by atoms with Crippen LogP contribution in [0.1, 0.15) is 25.3 Å². The van der Waals surface area contributed by atoms with Crippen molar-refractivity contribution in [3.8, 4) is 6.07 Å². The lowest BCUT2D eigenvalue weighted by atomic mass is 10.2. The van der Waals surface area contributed by atoms with Gasteiger partial charge < -0.3 is 16.2 Å². The van der Waals surface area contributed by atoms with Crippen LogP contribution >= 0.6 is 0 Å². The van der Waals surface area contributed by atoms with Crippen molar-refractivity contribution >= 4 is 11.5 Å². The maximum atomic E-state index is 9.07. The van der Waals surface area contributed by atoms with Gasteiger partial charge in [-0.2, -0.15) is 5.26 Å². The van der Waals surface area contributed by atoms with Gasteiger partial charge in [0.05, 0.1) is 17.4 Å². The van der Waals surface area contributed by atoms with Crippen molar-refractivity contribution in [1.82, 2.24) is 4.98 Å². The molecular weight excluding hydrogens is 204 g/mol. The molecule has 0 spiro atoms. The average Bonchev–Trinajstić information content (AvgIpc) is 2.25. The molecule has 0 amide bonds. The maximum Gasteiger partial charge on any atom is 0.149 e. The van der Waals surface area contributed by atoms with Crippen molar-refractivity contribution < 1.29 is 5.11 Å². The van der Waals surface area contributed by atoms with Crippen LogP contribution in [0.4, 0.5) is 11.5 Å². The average molecular weight is 220 g/mol. The van der Waals surface area contributed by atoms with Gasteiger partial charge in [0, 0.05) is 12.7 Å². The fourth-order valence-corrected chi connectivity index (χ4v) is 1.29. The number of pyridine rings is 1. The van der Waals surface area contributed by atoms with E-state index in [2.05, 4.69) is 10.3 Å². The van der Waals surface area contributed by atoms with E-state index in [9.17, 15) is 0 Å². The van der Waals surface area contributed by atoms with Crippen molar-refractivity contribution in [3.05, 3.63) is 17.8 Å².